The first-order chi connectivity index (χ1) is 7.61. The van der Waals surface area contributed by atoms with E-state index in [0.717, 1.165) is 32.5 Å². The molecule has 0 heterocycles. The zero-order valence-corrected chi connectivity index (χ0v) is 11.2. The van der Waals surface area contributed by atoms with Crippen LogP contribution in [0, 0.1) is 0 Å². The van der Waals surface area contributed by atoms with E-state index >= 15 is 0 Å². The summed E-state index contributed by atoms with van der Waals surface area (Å²) in [6, 6.07) is 0.579. The largest absolute Gasteiger partial charge is 0.354 e. The van der Waals surface area contributed by atoms with E-state index in [2.05, 4.69) is 43.4 Å². The molecule has 2 N–H and O–H groups in total. The van der Waals surface area contributed by atoms with Crippen molar-refractivity contribution in [2.45, 2.75) is 39.7 Å². The van der Waals surface area contributed by atoms with Crippen molar-refractivity contribution in [2.75, 3.05) is 33.2 Å². The van der Waals surface area contributed by atoms with Gasteiger partial charge in [-0.05, 0) is 33.4 Å². The molecule has 0 radical (unpaired) electrons. The fraction of sp³-hybridized carbons (Fsp3) is 0.917. The van der Waals surface area contributed by atoms with Crippen LogP contribution in [-0.2, 0) is 4.79 Å². The van der Waals surface area contributed by atoms with Crippen LogP contribution in [0.15, 0.2) is 0 Å². The Labute approximate surface area is 99.8 Å². The molecule has 4 nitrogen and oxygen atoms in total. The van der Waals surface area contributed by atoms with Crippen molar-refractivity contribution >= 4 is 5.91 Å². The van der Waals surface area contributed by atoms with Gasteiger partial charge in [0.25, 0.3) is 0 Å². The fourth-order valence-corrected chi connectivity index (χ4v) is 1.34. The Bertz CT molecular complexity index is 185. The zero-order chi connectivity index (χ0) is 12.4. The number of nitrogens with one attached hydrogen (secondary N) is 2. The van der Waals surface area contributed by atoms with Crippen molar-refractivity contribution in [1.29, 1.82) is 0 Å². The molecule has 96 valence electrons. The number of carbonyl (C=O) groups is 1. The zero-order valence-electron chi connectivity index (χ0n) is 11.2. The summed E-state index contributed by atoms with van der Waals surface area (Å²) in [6.07, 6.45) is 2.20. The molecule has 0 saturated heterocycles. The highest BCUT2D eigenvalue weighted by atomic mass is 16.1. The molecule has 0 saturated carbocycles. The van der Waals surface area contributed by atoms with Crippen molar-refractivity contribution in [2.24, 2.45) is 0 Å². The summed E-state index contributed by atoms with van der Waals surface area (Å²) in [4.78, 5) is 13.6. The summed E-state index contributed by atoms with van der Waals surface area (Å²) in [5.41, 5.74) is 0. The highest BCUT2D eigenvalue weighted by Crippen LogP contribution is 1.97. The Balaban J connectivity index is 3.46. The number of rotatable bonds is 9. The second-order valence-corrected chi connectivity index (χ2v) is 4.26. The van der Waals surface area contributed by atoms with E-state index in [1.165, 1.54) is 0 Å². The van der Waals surface area contributed by atoms with E-state index in [-0.39, 0.29) is 5.91 Å². The maximum absolute atomic E-state index is 11.3. The quantitative estimate of drug-likeness (QED) is 0.576. The lowest BCUT2D eigenvalue weighted by atomic mass is 10.2. The predicted octanol–water partition coefficient (Wildman–Crippen LogP) is 0.833. The second kappa shape index (κ2) is 9.60. The van der Waals surface area contributed by atoms with Crippen LogP contribution in [-0.4, -0.2) is 50.1 Å². The van der Waals surface area contributed by atoms with Gasteiger partial charge in [0.1, 0.15) is 0 Å². The van der Waals surface area contributed by atoms with Crippen molar-refractivity contribution in [1.82, 2.24) is 15.5 Å². The number of likely N-dealkylation sites (N-methyl/N-ethyl adjacent to an activating group) is 1. The third-order valence-corrected chi connectivity index (χ3v) is 2.84. The van der Waals surface area contributed by atoms with Gasteiger partial charge in [-0.2, -0.15) is 0 Å². The van der Waals surface area contributed by atoms with Crippen molar-refractivity contribution in [3.8, 4) is 0 Å². The maximum Gasteiger partial charge on any atom is 0.234 e. The molecule has 0 aromatic carbocycles. The Morgan fingerprint density at radius 2 is 2.00 bits per heavy atom. The monoisotopic (exact) mass is 229 g/mol. The molecule has 0 aromatic rings. The average molecular weight is 229 g/mol. The summed E-state index contributed by atoms with van der Waals surface area (Å²) in [5, 5.41) is 5.99. The highest BCUT2D eigenvalue weighted by Gasteiger charge is 2.06. The molecule has 0 aliphatic heterocycles. The van der Waals surface area contributed by atoms with Crippen LogP contribution in [0.2, 0.25) is 0 Å². The third kappa shape index (κ3) is 7.65. The van der Waals surface area contributed by atoms with E-state index in [1.54, 1.807) is 0 Å². The Kier molecular flexibility index (Phi) is 9.24. The molecule has 0 aromatic heterocycles. The van der Waals surface area contributed by atoms with Crippen LogP contribution in [0.25, 0.3) is 0 Å². The molecule has 16 heavy (non-hydrogen) atoms. The number of hydrogen-bond donors (Lipinski definition) is 2. The van der Waals surface area contributed by atoms with Gasteiger partial charge >= 0.3 is 0 Å². The van der Waals surface area contributed by atoms with Gasteiger partial charge in [0.2, 0.25) is 5.91 Å². The third-order valence-electron chi connectivity index (χ3n) is 2.84. The Hall–Kier alpha value is -0.610. The molecule has 0 bridgehead atoms. The van der Waals surface area contributed by atoms with Crippen molar-refractivity contribution < 1.29 is 4.79 Å². The first kappa shape index (κ1) is 15.4. The van der Waals surface area contributed by atoms with Crippen LogP contribution < -0.4 is 10.6 Å². The first-order valence-corrected chi connectivity index (χ1v) is 6.29. The van der Waals surface area contributed by atoms with Gasteiger partial charge < -0.3 is 15.5 Å². The van der Waals surface area contributed by atoms with E-state index in [9.17, 15) is 4.79 Å². The molecule has 1 atom stereocenters. The van der Waals surface area contributed by atoms with E-state index in [0.29, 0.717) is 12.6 Å². The van der Waals surface area contributed by atoms with E-state index in [4.69, 9.17) is 0 Å². The van der Waals surface area contributed by atoms with Crippen LogP contribution in [0.3, 0.4) is 0 Å². The Morgan fingerprint density at radius 3 is 2.56 bits per heavy atom. The summed E-state index contributed by atoms with van der Waals surface area (Å²) in [5.74, 6) is 0.0889. The standard InChI is InChI=1S/C12H27N3O/c1-5-7-13-10-12(16)14-8-9-15(4)11(3)6-2/h11,13H,5-10H2,1-4H3,(H,14,16). The van der Waals surface area contributed by atoms with Crippen LogP contribution in [0.1, 0.15) is 33.6 Å². The summed E-state index contributed by atoms with van der Waals surface area (Å²) in [6.45, 7) is 9.44. The predicted molar refractivity (Wildman–Crippen MR) is 68.6 cm³/mol. The van der Waals surface area contributed by atoms with Crippen molar-refractivity contribution in [3.63, 3.8) is 0 Å². The smallest absolute Gasteiger partial charge is 0.234 e. The topological polar surface area (TPSA) is 44.4 Å². The van der Waals surface area contributed by atoms with Crippen LogP contribution in [0.5, 0.6) is 0 Å². The minimum absolute atomic E-state index is 0.0889. The van der Waals surface area contributed by atoms with E-state index < -0.39 is 0 Å². The van der Waals surface area contributed by atoms with Gasteiger partial charge in [-0.25, -0.2) is 0 Å². The molecule has 0 spiro atoms. The van der Waals surface area contributed by atoms with Crippen LogP contribution in [0.4, 0.5) is 0 Å². The second-order valence-electron chi connectivity index (χ2n) is 4.26. The number of hydrogen-bond acceptors (Lipinski definition) is 3. The molecule has 0 aliphatic rings. The summed E-state index contributed by atoms with van der Waals surface area (Å²) < 4.78 is 0. The van der Waals surface area contributed by atoms with Gasteiger partial charge in [-0.15, -0.1) is 0 Å². The van der Waals surface area contributed by atoms with Crippen LogP contribution >= 0.6 is 0 Å². The maximum atomic E-state index is 11.3. The number of nitrogens with zero attached hydrogens (tertiary/aromatic N) is 1. The first-order valence-electron chi connectivity index (χ1n) is 6.29. The molecular formula is C12H27N3O. The lowest BCUT2D eigenvalue weighted by Crippen LogP contribution is -2.40. The van der Waals surface area contributed by atoms with Crippen molar-refractivity contribution in [3.05, 3.63) is 0 Å². The Morgan fingerprint density at radius 1 is 1.31 bits per heavy atom. The van der Waals surface area contributed by atoms with Gasteiger partial charge in [0.15, 0.2) is 0 Å². The molecule has 0 fully saturated rings. The molecule has 1 amide bonds. The summed E-state index contributed by atoms with van der Waals surface area (Å²) >= 11 is 0. The molecule has 0 aliphatic carbocycles. The van der Waals surface area contributed by atoms with Gasteiger partial charge in [-0.3, -0.25) is 4.79 Å². The molecular weight excluding hydrogens is 202 g/mol. The summed E-state index contributed by atoms with van der Waals surface area (Å²) in [7, 11) is 2.09. The van der Waals surface area contributed by atoms with Gasteiger partial charge in [-0.1, -0.05) is 13.8 Å². The fourth-order valence-electron chi connectivity index (χ4n) is 1.34. The number of amides is 1. The minimum Gasteiger partial charge on any atom is -0.354 e. The minimum atomic E-state index is 0.0889. The highest BCUT2D eigenvalue weighted by molar-refractivity contribution is 5.77. The lowest BCUT2D eigenvalue weighted by Gasteiger charge is -2.23. The van der Waals surface area contributed by atoms with E-state index in [1.807, 2.05) is 0 Å². The average Bonchev–Trinajstić information content (AvgIpc) is 2.28. The molecule has 1 unspecified atom stereocenters. The van der Waals surface area contributed by atoms with Gasteiger partial charge in [0.05, 0.1) is 6.54 Å². The van der Waals surface area contributed by atoms with Gasteiger partial charge in [0, 0.05) is 19.1 Å². The lowest BCUT2D eigenvalue weighted by molar-refractivity contribution is -0.120. The normalized spacial score (nSPS) is 12.8. The SMILES string of the molecule is CCCNCC(=O)NCCN(C)C(C)CC. The number of carbonyl (C=O) groups excluding carboxylic acids is 1. The molecule has 4 heteroatoms. The molecule has 0 rings (SSSR count).